The van der Waals surface area contributed by atoms with Gasteiger partial charge in [-0.3, -0.25) is 0 Å². The van der Waals surface area contributed by atoms with Crippen LogP contribution in [0.15, 0.2) is 11.6 Å². The zero-order valence-electron chi connectivity index (χ0n) is 9.22. The van der Waals surface area contributed by atoms with E-state index in [1.165, 1.54) is 6.42 Å². The molecule has 2 aliphatic rings. The molecule has 2 N–H and O–H groups in total. The molecule has 1 unspecified atom stereocenters. The SMILES string of the molecule is CC(C)(C)C1=CCC(N)[C@@H]2C[C@@]12C. The monoisotopic (exact) mass is 179 g/mol. The van der Waals surface area contributed by atoms with Gasteiger partial charge in [0.15, 0.2) is 0 Å². The van der Waals surface area contributed by atoms with E-state index in [0.717, 1.165) is 12.3 Å². The molecule has 0 aromatic rings. The summed E-state index contributed by atoms with van der Waals surface area (Å²) in [6.45, 7) is 9.33. The molecule has 1 saturated carbocycles. The van der Waals surface area contributed by atoms with Crippen LogP contribution in [-0.4, -0.2) is 6.04 Å². The molecule has 1 fully saturated rings. The summed E-state index contributed by atoms with van der Waals surface area (Å²) in [7, 11) is 0. The van der Waals surface area contributed by atoms with E-state index >= 15 is 0 Å². The third kappa shape index (κ3) is 1.25. The minimum absolute atomic E-state index is 0.337. The second-order valence-corrected chi connectivity index (χ2v) is 6.00. The van der Waals surface area contributed by atoms with Gasteiger partial charge in [0, 0.05) is 6.04 Å². The largest absolute Gasteiger partial charge is 0.327 e. The van der Waals surface area contributed by atoms with E-state index in [1.54, 1.807) is 5.57 Å². The summed E-state index contributed by atoms with van der Waals surface area (Å²) in [6, 6.07) is 0.427. The Morgan fingerprint density at radius 1 is 1.46 bits per heavy atom. The Bertz CT molecular complexity index is 259. The van der Waals surface area contributed by atoms with Crippen LogP contribution in [0.2, 0.25) is 0 Å². The lowest BCUT2D eigenvalue weighted by Crippen LogP contribution is -2.31. The number of hydrogen-bond acceptors (Lipinski definition) is 1. The van der Waals surface area contributed by atoms with Crippen molar-refractivity contribution in [1.82, 2.24) is 0 Å². The predicted molar refractivity (Wildman–Crippen MR) is 56.3 cm³/mol. The van der Waals surface area contributed by atoms with Gasteiger partial charge in [-0.2, -0.15) is 0 Å². The average molecular weight is 179 g/mol. The van der Waals surface area contributed by atoms with Gasteiger partial charge in [0.2, 0.25) is 0 Å². The molecule has 0 radical (unpaired) electrons. The molecule has 0 spiro atoms. The van der Waals surface area contributed by atoms with Gasteiger partial charge in [0.1, 0.15) is 0 Å². The van der Waals surface area contributed by atoms with E-state index < -0.39 is 0 Å². The highest BCUT2D eigenvalue weighted by molar-refractivity contribution is 5.33. The molecule has 0 heterocycles. The van der Waals surface area contributed by atoms with Gasteiger partial charge >= 0.3 is 0 Å². The lowest BCUT2D eigenvalue weighted by molar-refractivity contribution is 0.367. The molecule has 2 rings (SSSR count). The Morgan fingerprint density at radius 2 is 2.08 bits per heavy atom. The summed E-state index contributed by atoms with van der Waals surface area (Å²) in [5.74, 6) is 0.770. The molecule has 0 saturated heterocycles. The van der Waals surface area contributed by atoms with E-state index in [9.17, 15) is 0 Å². The summed E-state index contributed by atoms with van der Waals surface area (Å²) < 4.78 is 0. The van der Waals surface area contributed by atoms with Gasteiger partial charge in [-0.1, -0.05) is 39.3 Å². The molecular weight excluding hydrogens is 158 g/mol. The summed E-state index contributed by atoms with van der Waals surface area (Å²) in [5, 5.41) is 0. The van der Waals surface area contributed by atoms with Crippen molar-refractivity contribution in [3.63, 3.8) is 0 Å². The highest BCUT2D eigenvalue weighted by atomic mass is 14.8. The first-order valence-corrected chi connectivity index (χ1v) is 5.32. The minimum atomic E-state index is 0.337. The maximum atomic E-state index is 6.07. The quantitative estimate of drug-likeness (QED) is 0.568. The van der Waals surface area contributed by atoms with Crippen molar-refractivity contribution in [3.05, 3.63) is 11.6 Å². The minimum Gasteiger partial charge on any atom is -0.327 e. The maximum Gasteiger partial charge on any atom is 0.0111 e. The molecule has 1 nitrogen and oxygen atoms in total. The highest BCUT2D eigenvalue weighted by Crippen LogP contribution is 2.64. The smallest absolute Gasteiger partial charge is 0.0111 e. The van der Waals surface area contributed by atoms with Crippen LogP contribution in [0.25, 0.3) is 0 Å². The Labute approximate surface area is 81.4 Å². The van der Waals surface area contributed by atoms with E-state index in [1.807, 2.05) is 0 Å². The Hall–Kier alpha value is -0.300. The van der Waals surface area contributed by atoms with Crippen LogP contribution in [0.3, 0.4) is 0 Å². The highest BCUT2D eigenvalue weighted by Gasteiger charge is 2.58. The van der Waals surface area contributed by atoms with Gasteiger partial charge in [-0.25, -0.2) is 0 Å². The summed E-state index contributed by atoms with van der Waals surface area (Å²) in [4.78, 5) is 0. The molecule has 0 aliphatic heterocycles. The van der Waals surface area contributed by atoms with Gasteiger partial charge in [-0.15, -0.1) is 0 Å². The fourth-order valence-electron chi connectivity index (χ4n) is 3.15. The molecule has 74 valence electrons. The molecule has 0 amide bonds. The Morgan fingerprint density at radius 3 is 2.62 bits per heavy atom. The number of nitrogens with two attached hydrogens (primary N) is 1. The van der Waals surface area contributed by atoms with Crippen LogP contribution >= 0.6 is 0 Å². The lowest BCUT2D eigenvalue weighted by Gasteiger charge is -2.33. The summed E-state index contributed by atoms with van der Waals surface area (Å²) in [5.41, 5.74) is 8.50. The molecule has 0 aromatic carbocycles. The molecule has 0 bridgehead atoms. The standard InChI is InChI=1S/C12H21N/c1-11(2,3)10-6-5-9(13)8-7-12(8,10)4/h6,8-9H,5,7,13H2,1-4H3/t8-,9?,12+/m0/s1. The normalized spacial score (nSPS) is 43.9. The first kappa shape index (κ1) is 9.26. The molecular formula is C12H21N. The van der Waals surface area contributed by atoms with Crippen LogP contribution < -0.4 is 5.73 Å². The maximum absolute atomic E-state index is 6.07. The van der Waals surface area contributed by atoms with Crippen molar-refractivity contribution in [3.8, 4) is 0 Å². The topological polar surface area (TPSA) is 26.0 Å². The first-order chi connectivity index (χ1) is 5.86. The van der Waals surface area contributed by atoms with Crippen molar-refractivity contribution in [1.29, 1.82) is 0 Å². The zero-order valence-corrected chi connectivity index (χ0v) is 9.22. The third-order valence-electron chi connectivity index (χ3n) is 3.84. The number of fused-ring (bicyclic) bond motifs is 1. The van der Waals surface area contributed by atoms with E-state index in [4.69, 9.17) is 5.73 Å². The second-order valence-electron chi connectivity index (χ2n) is 6.00. The number of rotatable bonds is 0. The van der Waals surface area contributed by atoms with Crippen LogP contribution in [0, 0.1) is 16.7 Å². The molecule has 2 aliphatic carbocycles. The van der Waals surface area contributed by atoms with Crippen molar-refractivity contribution in [2.24, 2.45) is 22.5 Å². The summed E-state index contributed by atoms with van der Waals surface area (Å²) in [6.07, 6.45) is 4.80. The molecule has 13 heavy (non-hydrogen) atoms. The van der Waals surface area contributed by atoms with Crippen molar-refractivity contribution < 1.29 is 0 Å². The number of hydrogen-bond donors (Lipinski definition) is 1. The fraction of sp³-hybridized carbons (Fsp3) is 0.833. The first-order valence-electron chi connectivity index (χ1n) is 5.32. The Kier molecular flexibility index (Phi) is 1.70. The van der Waals surface area contributed by atoms with E-state index in [-0.39, 0.29) is 0 Å². The molecule has 3 atom stereocenters. The number of allylic oxidation sites excluding steroid dienone is 1. The predicted octanol–water partition coefficient (Wildman–Crippen LogP) is 2.72. The average Bonchev–Trinajstić information content (AvgIpc) is 2.60. The van der Waals surface area contributed by atoms with Crippen molar-refractivity contribution >= 4 is 0 Å². The summed E-state index contributed by atoms with van der Waals surface area (Å²) >= 11 is 0. The van der Waals surface area contributed by atoms with E-state index in [0.29, 0.717) is 16.9 Å². The van der Waals surface area contributed by atoms with E-state index in [2.05, 4.69) is 33.8 Å². The van der Waals surface area contributed by atoms with Crippen molar-refractivity contribution in [2.45, 2.75) is 46.6 Å². The zero-order chi connectivity index (χ0) is 9.85. The van der Waals surface area contributed by atoms with Gasteiger partial charge in [0.25, 0.3) is 0 Å². The van der Waals surface area contributed by atoms with Crippen LogP contribution in [0.4, 0.5) is 0 Å². The van der Waals surface area contributed by atoms with Crippen LogP contribution in [0.1, 0.15) is 40.5 Å². The lowest BCUT2D eigenvalue weighted by atomic mass is 9.72. The second kappa shape index (κ2) is 2.38. The fourth-order valence-corrected chi connectivity index (χ4v) is 3.15. The third-order valence-corrected chi connectivity index (χ3v) is 3.84. The van der Waals surface area contributed by atoms with Crippen LogP contribution in [-0.2, 0) is 0 Å². The molecule has 0 aromatic heterocycles. The van der Waals surface area contributed by atoms with Crippen LogP contribution in [0.5, 0.6) is 0 Å². The van der Waals surface area contributed by atoms with Gasteiger partial charge < -0.3 is 5.73 Å². The van der Waals surface area contributed by atoms with Crippen molar-refractivity contribution in [2.75, 3.05) is 0 Å². The molecule has 1 heteroatoms. The Balaban J connectivity index is 2.31. The van der Waals surface area contributed by atoms with Gasteiger partial charge in [0.05, 0.1) is 0 Å². The van der Waals surface area contributed by atoms with Gasteiger partial charge in [-0.05, 0) is 29.6 Å².